The summed E-state index contributed by atoms with van der Waals surface area (Å²) in [7, 11) is 0. The molecular weight excluding hydrogens is 716 g/mol. The number of hydrogen-bond donors (Lipinski definition) is 0. The lowest BCUT2D eigenvalue weighted by Crippen LogP contribution is -2.25. The fourth-order valence-electron chi connectivity index (χ4n) is 5.02. The van der Waals surface area contributed by atoms with Crippen LogP contribution in [0.15, 0.2) is 71.8 Å². The van der Waals surface area contributed by atoms with Crippen LogP contribution in [0.5, 0.6) is 11.5 Å². The van der Waals surface area contributed by atoms with Gasteiger partial charge in [-0.15, -0.1) is 0 Å². The number of fused-ring (bicyclic) bond motifs is 1. The van der Waals surface area contributed by atoms with E-state index in [1.807, 2.05) is 43.3 Å². The lowest BCUT2D eigenvalue weighted by atomic mass is 9.88. The molecule has 1 heterocycles. The Kier molecular flexibility index (Phi) is 9.58. The maximum Gasteiger partial charge on any atom is 0.282 e. The van der Waals surface area contributed by atoms with Crippen molar-refractivity contribution in [3.63, 3.8) is 0 Å². The fourth-order valence-corrected chi connectivity index (χ4v) is 6.32. The maximum atomic E-state index is 13.7. The van der Waals surface area contributed by atoms with Gasteiger partial charge in [0.1, 0.15) is 12.4 Å². The van der Waals surface area contributed by atoms with Crippen LogP contribution in [0.3, 0.4) is 0 Å². The highest BCUT2D eigenvalue weighted by atomic mass is 79.9. The highest BCUT2D eigenvalue weighted by Gasteiger charge is 2.23. The van der Waals surface area contributed by atoms with Gasteiger partial charge in [0, 0.05) is 26.0 Å². The van der Waals surface area contributed by atoms with Crippen LogP contribution in [-0.2, 0) is 6.61 Å². The van der Waals surface area contributed by atoms with Gasteiger partial charge in [-0.2, -0.15) is 15.0 Å². The largest absolute Gasteiger partial charge is 0.490 e. The summed E-state index contributed by atoms with van der Waals surface area (Å²) in [6.07, 6.45) is 7.02. The van der Waals surface area contributed by atoms with Gasteiger partial charge in [-0.3, -0.25) is 4.79 Å². The molecule has 1 aliphatic rings. The normalized spacial score (nSPS) is 13.9. The van der Waals surface area contributed by atoms with Gasteiger partial charge in [-0.05, 0) is 82.0 Å². The first-order chi connectivity index (χ1) is 19.9. The summed E-state index contributed by atoms with van der Waals surface area (Å²) in [6.45, 7) is 2.51. The summed E-state index contributed by atoms with van der Waals surface area (Å²) in [5.41, 5.74) is 2.49. The molecule has 1 fully saturated rings. The molecule has 0 unspecified atom stereocenters. The third-order valence-corrected chi connectivity index (χ3v) is 9.72. The molecule has 1 aromatic heterocycles. The Hall–Kier alpha value is -3.00. The molecule has 0 spiro atoms. The Bertz CT molecular complexity index is 1720. The van der Waals surface area contributed by atoms with Crippen molar-refractivity contribution in [2.75, 3.05) is 6.61 Å². The van der Waals surface area contributed by atoms with Gasteiger partial charge in [-0.25, -0.2) is 4.98 Å². The zero-order valence-corrected chi connectivity index (χ0v) is 27.1. The van der Waals surface area contributed by atoms with Crippen LogP contribution in [-0.4, -0.2) is 22.5 Å². The Morgan fingerprint density at radius 2 is 1.85 bits per heavy atom. The van der Waals surface area contributed by atoms with E-state index in [1.54, 1.807) is 18.3 Å². The standard InChI is InChI=1S/C31H27Br3N4O3/c1-2-40-26-14-22(27(33)28(34)29(26)41-18-21-11-7-6-10-20(21)16-35)17-36-38-30(19-8-4-3-5-9-19)37-25-13-12-23(32)15-24(25)31(38)39/h6-7,10-15,17,19H,2-5,8-9,18H2,1H3. The van der Waals surface area contributed by atoms with Crippen LogP contribution in [0, 0.1) is 11.3 Å². The highest BCUT2D eigenvalue weighted by Crippen LogP contribution is 2.43. The van der Waals surface area contributed by atoms with Crippen LogP contribution in [0.25, 0.3) is 10.9 Å². The third-order valence-electron chi connectivity index (χ3n) is 7.08. The molecule has 41 heavy (non-hydrogen) atoms. The topological polar surface area (TPSA) is 89.5 Å². The Labute approximate surface area is 263 Å². The predicted molar refractivity (Wildman–Crippen MR) is 171 cm³/mol. The SMILES string of the molecule is CCOc1cc(C=Nn2c(C3CCCCC3)nc3ccc(Br)cc3c2=O)c(Br)c(Br)c1OCc1ccccc1C#N. The quantitative estimate of drug-likeness (QED) is 0.169. The van der Waals surface area contributed by atoms with Crippen molar-refractivity contribution in [2.24, 2.45) is 5.10 Å². The van der Waals surface area contributed by atoms with Crippen molar-refractivity contribution in [1.82, 2.24) is 9.66 Å². The smallest absolute Gasteiger partial charge is 0.282 e. The molecule has 5 rings (SSSR count). The average molecular weight is 743 g/mol. The van der Waals surface area contributed by atoms with Crippen LogP contribution in [0.2, 0.25) is 0 Å². The van der Waals surface area contributed by atoms with E-state index in [-0.39, 0.29) is 18.1 Å². The van der Waals surface area contributed by atoms with Crippen molar-refractivity contribution < 1.29 is 9.47 Å². The van der Waals surface area contributed by atoms with Gasteiger partial charge in [-0.1, -0.05) is 53.4 Å². The molecule has 0 radical (unpaired) electrons. The molecule has 0 atom stereocenters. The number of nitrogens with zero attached hydrogens (tertiary/aromatic N) is 4. The summed E-state index contributed by atoms with van der Waals surface area (Å²) in [5, 5.41) is 14.6. The minimum absolute atomic E-state index is 0.169. The summed E-state index contributed by atoms with van der Waals surface area (Å²) in [4.78, 5) is 18.6. The molecule has 1 saturated carbocycles. The van der Waals surface area contributed by atoms with E-state index < -0.39 is 0 Å². The number of nitriles is 1. The first kappa shape index (κ1) is 29.5. The summed E-state index contributed by atoms with van der Waals surface area (Å²) < 4.78 is 15.7. The molecule has 0 aliphatic heterocycles. The molecule has 0 bridgehead atoms. The van der Waals surface area contributed by atoms with Crippen LogP contribution < -0.4 is 15.0 Å². The fraction of sp³-hybridized carbons (Fsp3) is 0.290. The van der Waals surface area contributed by atoms with Crippen molar-refractivity contribution in [3.05, 3.63) is 94.8 Å². The van der Waals surface area contributed by atoms with Crippen molar-refractivity contribution in [2.45, 2.75) is 51.6 Å². The van der Waals surface area contributed by atoms with E-state index in [2.05, 4.69) is 53.9 Å². The molecule has 7 nitrogen and oxygen atoms in total. The van der Waals surface area contributed by atoms with E-state index in [0.717, 1.165) is 35.7 Å². The molecule has 3 aromatic carbocycles. The molecule has 4 aromatic rings. The Morgan fingerprint density at radius 1 is 1.07 bits per heavy atom. The average Bonchev–Trinajstić information content (AvgIpc) is 2.99. The van der Waals surface area contributed by atoms with Crippen molar-refractivity contribution in [1.29, 1.82) is 5.26 Å². The number of halogens is 3. The minimum Gasteiger partial charge on any atom is -0.490 e. The van der Waals surface area contributed by atoms with Gasteiger partial charge in [0.2, 0.25) is 0 Å². The van der Waals surface area contributed by atoms with Crippen molar-refractivity contribution in [3.8, 4) is 17.6 Å². The lowest BCUT2D eigenvalue weighted by Gasteiger charge is -2.23. The second kappa shape index (κ2) is 13.3. The zero-order chi connectivity index (χ0) is 28.9. The van der Waals surface area contributed by atoms with Crippen LogP contribution in [0.1, 0.15) is 67.5 Å². The lowest BCUT2D eigenvalue weighted by molar-refractivity contribution is 0.267. The number of hydrogen-bond acceptors (Lipinski definition) is 6. The molecular formula is C31H27Br3N4O3. The number of rotatable bonds is 8. The number of aromatic nitrogens is 2. The second-order valence-corrected chi connectivity index (χ2v) is 12.2. The van der Waals surface area contributed by atoms with Gasteiger partial charge >= 0.3 is 0 Å². The molecule has 210 valence electrons. The summed E-state index contributed by atoms with van der Waals surface area (Å²) in [6, 6.07) is 16.9. The molecule has 0 amide bonds. The maximum absolute atomic E-state index is 13.7. The van der Waals surface area contributed by atoms with Crippen LogP contribution >= 0.6 is 47.8 Å². The summed E-state index contributed by atoms with van der Waals surface area (Å²) >= 11 is 10.8. The Morgan fingerprint density at radius 3 is 2.61 bits per heavy atom. The van der Waals surface area contributed by atoms with E-state index in [1.165, 1.54) is 11.1 Å². The van der Waals surface area contributed by atoms with E-state index >= 15 is 0 Å². The van der Waals surface area contributed by atoms with E-state index in [4.69, 9.17) is 19.6 Å². The Balaban J connectivity index is 1.55. The number of ether oxygens (including phenoxy) is 2. The minimum atomic E-state index is -0.204. The molecule has 10 heteroatoms. The van der Waals surface area contributed by atoms with Gasteiger partial charge < -0.3 is 9.47 Å². The predicted octanol–water partition coefficient (Wildman–Crippen LogP) is 8.46. The number of benzene rings is 3. The first-order valence-electron chi connectivity index (χ1n) is 13.4. The molecule has 1 aliphatic carbocycles. The van der Waals surface area contributed by atoms with Crippen LogP contribution in [0.4, 0.5) is 0 Å². The first-order valence-corrected chi connectivity index (χ1v) is 15.8. The molecule has 0 saturated heterocycles. The van der Waals surface area contributed by atoms with E-state index in [0.29, 0.717) is 54.9 Å². The summed E-state index contributed by atoms with van der Waals surface area (Å²) in [5.74, 6) is 1.87. The van der Waals surface area contributed by atoms with E-state index in [9.17, 15) is 10.1 Å². The van der Waals surface area contributed by atoms with Gasteiger partial charge in [0.15, 0.2) is 11.5 Å². The highest BCUT2D eigenvalue weighted by molar-refractivity contribution is 9.13. The molecule has 0 N–H and O–H groups in total. The van der Waals surface area contributed by atoms with Gasteiger partial charge in [0.05, 0.1) is 39.8 Å². The van der Waals surface area contributed by atoms with Crippen molar-refractivity contribution >= 4 is 64.9 Å². The second-order valence-electron chi connectivity index (χ2n) is 9.74. The third kappa shape index (κ3) is 6.42. The monoisotopic (exact) mass is 740 g/mol. The zero-order valence-electron chi connectivity index (χ0n) is 22.4. The van der Waals surface area contributed by atoms with Gasteiger partial charge in [0.25, 0.3) is 5.56 Å².